The van der Waals surface area contributed by atoms with Gasteiger partial charge in [0.1, 0.15) is 0 Å². The van der Waals surface area contributed by atoms with E-state index in [1.165, 1.54) is 50.1 Å². The van der Waals surface area contributed by atoms with Crippen molar-refractivity contribution in [3.63, 3.8) is 0 Å². The molecule has 6 aromatic carbocycles. The van der Waals surface area contributed by atoms with Crippen LogP contribution in [0.1, 0.15) is 121 Å². The third-order valence-corrected chi connectivity index (χ3v) is 30.5. The van der Waals surface area contributed by atoms with Gasteiger partial charge in [-0.05, 0) is 0 Å². The SMILES string of the molecule is CCC(C)C1=Cc2c(-c3ccccc3C(C)C)cccc2[CH]1[Hf]([c]1cccc2c1[SiH2]c1ccccc1-2)[CH]1C(C(C)CC)=Cc2c(-c3ccccc3C(C)C)cccc21. The molecule has 0 radical (unpaired) electrons. The molecule has 0 N–H and O–H groups in total. The maximum atomic E-state index is 2.72. The quantitative estimate of drug-likeness (QED) is 0.113. The van der Waals surface area contributed by atoms with Crippen LogP contribution in [0, 0.1) is 11.8 Å². The first-order chi connectivity index (χ1) is 28.2. The Kier molecular flexibility index (Phi) is 11.0. The number of fused-ring (bicyclic) bond motifs is 5. The first-order valence-electron chi connectivity index (χ1n) is 22.2. The molecule has 3 aliphatic rings. The van der Waals surface area contributed by atoms with Crippen LogP contribution in [0.15, 0.2) is 139 Å². The molecule has 0 saturated heterocycles. The van der Waals surface area contributed by atoms with Gasteiger partial charge >= 0.3 is 361 Å². The second-order valence-electron chi connectivity index (χ2n) is 18.0. The zero-order valence-corrected chi connectivity index (χ0v) is 40.9. The Bertz CT molecular complexity index is 2450. The fourth-order valence-corrected chi connectivity index (χ4v) is 30.9. The van der Waals surface area contributed by atoms with Crippen molar-refractivity contribution in [3.05, 3.63) is 172 Å². The van der Waals surface area contributed by atoms with Crippen molar-refractivity contribution >= 4 is 35.4 Å². The van der Waals surface area contributed by atoms with Crippen LogP contribution in [0.3, 0.4) is 0 Å². The number of hydrogen-bond acceptors (Lipinski definition) is 0. The normalized spacial score (nSPS) is 17.8. The summed E-state index contributed by atoms with van der Waals surface area (Å²) in [4.78, 5) is 0. The first kappa shape index (κ1) is 39.4. The summed E-state index contributed by atoms with van der Waals surface area (Å²) in [5.41, 5.74) is 21.2. The molecule has 6 aromatic rings. The maximum absolute atomic E-state index is 3.20. The average Bonchev–Trinajstić information content (AvgIpc) is 3.96. The molecular formula is C56H59HfSi. The van der Waals surface area contributed by atoms with Crippen molar-refractivity contribution in [3.8, 4) is 33.4 Å². The Labute approximate surface area is 358 Å². The molecule has 58 heavy (non-hydrogen) atoms. The molecule has 0 bridgehead atoms. The third kappa shape index (κ3) is 6.58. The van der Waals surface area contributed by atoms with Crippen LogP contribution in [-0.4, -0.2) is 9.52 Å². The van der Waals surface area contributed by atoms with Crippen molar-refractivity contribution in [1.82, 2.24) is 0 Å². The van der Waals surface area contributed by atoms with E-state index in [4.69, 9.17) is 0 Å². The van der Waals surface area contributed by atoms with Gasteiger partial charge in [-0.3, -0.25) is 0 Å². The van der Waals surface area contributed by atoms with Crippen molar-refractivity contribution in [2.75, 3.05) is 0 Å². The molecule has 2 aliphatic carbocycles. The summed E-state index contributed by atoms with van der Waals surface area (Å²) in [6.07, 6.45) is 7.76. The number of rotatable bonds is 11. The van der Waals surface area contributed by atoms with Crippen LogP contribution in [0.4, 0.5) is 0 Å². The molecule has 0 amide bonds. The number of allylic oxidation sites excluding steroid dienone is 2. The predicted molar refractivity (Wildman–Crippen MR) is 252 cm³/mol. The minimum atomic E-state index is -3.20. The molecule has 4 unspecified atom stereocenters. The Balaban J connectivity index is 1.34. The van der Waals surface area contributed by atoms with Crippen LogP contribution < -0.4 is 13.7 Å². The van der Waals surface area contributed by atoms with Crippen molar-refractivity contribution in [1.29, 1.82) is 0 Å². The topological polar surface area (TPSA) is 0 Å². The Morgan fingerprint density at radius 1 is 0.466 bits per heavy atom. The number of hydrogen-bond donors (Lipinski definition) is 0. The van der Waals surface area contributed by atoms with E-state index in [-0.39, 0.29) is 0 Å². The molecule has 0 spiro atoms. The molecule has 0 saturated carbocycles. The summed E-state index contributed by atoms with van der Waals surface area (Å²) < 4.78 is 2.76. The zero-order valence-electron chi connectivity index (χ0n) is 35.9. The molecule has 0 aromatic heterocycles. The predicted octanol–water partition coefficient (Wildman–Crippen LogP) is 13.0. The van der Waals surface area contributed by atoms with E-state index < -0.39 is 31.0 Å². The minimum absolute atomic E-state index is 0.459. The van der Waals surface area contributed by atoms with E-state index >= 15 is 0 Å². The van der Waals surface area contributed by atoms with E-state index in [0.29, 0.717) is 31.0 Å². The van der Waals surface area contributed by atoms with Gasteiger partial charge in [0.2, 0.25) is 0 Å². The summed E-state index contributed by atoms with van der Waals surface area (Å²) in [6.45, 7) is 19.3. The second kappa shape index (κ2) is 16.2. The van der Waals surface area contributed by atoms with E-state index in [9.17, 15) is 0 Å². The van der Waals surface area contributed by atoms with E-state index in [1.807, 2.05) is 3.32 Å². The fourth-order valence-electron chi connectivity index (χ4n) is 10.7. The fraction of sp³-hybridized carbons (Fsp3) is 0.286. The zero-order chi connectivity index (χ0) is 40.2. The van der Waals surface area contributed by atoms with Crippen molar-refractivity contribution in [2.45, 2.75) is 87.4 Å². The Morgan fingerprint density at radius 3 is 1.40 bits per heavy atom. The van der Waals surface area contributed by atoms with Gasteiger partial charge in [-0.15, -0.1) is 0 Å². The Morgan fingerprint density at radius 2 is 0.897 bits per heavy atom. The molecule has 1 aliphatic heterocycles. The van der Waals surface area contributed by atoms with Gasteiger partial charge in [0.05, 0.1) is 0 Å². The van der Waals surface area contributed by atoms with Crippen LogP contribution in [0.2, 0.25) is 0 Å². The van der Waals surface area contributed by atoms with Gasteiger partial charge in [-0.2, -0.15) is 0 Å². The standard InChI is InChI=1S/2C22H25.C12H9Si.Hf/c2*1-5-16(4)18-13-17-9-8-12-21(22(17)14-18)20-11-7-6-10-19(20)15(2)3;1-3-7-11-9(5-1)10-6-2-4-8-12(10)13-11;/h2*6-16H,5H2,1-4H3;1-7H,13H2;. The second-order valence-corrected chi connectivity index (χ2v) is 29.2. The van der Waals surface area contributed by atoms with Gasteiger partial charge in [0.15, 0.2) is 0 Å². The van der Waals surface area contributed by atoms with Crippen LogP contribution in [0.25, 0.3) is 45.5 Å². The van der Waals surface area contributed by atoms with Crippen molar-refractivity contribution in [2.24, 2.45) is 11.8 Å². The van der Waals surface area contributed by atoms with Gasteiger partial charge in [0, 0.05) is 0 Å². The van der Waals surface area contributed by atoms with E-state index in [1.54, 1.807) is 38.2 Å². The van der Waals surface area contributed by atoms with Gasteiger partial charge in [0.25, 0.3) is 0 Å². The molecule has 9 rings (SSSR count). The van der Waals surface area contributed by atoms with Crippen LogP contribution in [0.5, 0.6) is 0 Å². The van der Waals surface area contributed by atoms with E-state index in [0.717, 1.165) is 12.8 Å². The number of benzene rings is 6. The van der Waals surface area contributed by atoms with Crippen LogP contribution in [-0.2, 0) is 21.4 Å². The summed E-state index contributed by atoms with van der Waals surface area (Å²) in [5.74, 6) is 1.94. The monoisotopic (exact) mass is 939 g/mol. The Hall–Kier alpha value is -4.11. The molecule has 1 heterocycles. The molecule has 2 heteroatoms. The summed E-state index contributed by atoms with van der Waals surface area (Å²) in [5, 5.41) is 3.40. The van der Waals surface area contributed by atoms with Crippen molar-refractivity contribution < 1.29 is 21.4 Å². The molecule has 0 fully saturated rings. The first-order valence-corrected chi connectivity index (χ1v) is 29.5. The molecule has 0 nitrogen and oxygen atoms in total. The molecule has 4 atom stereocenters. The van der Waals surface area contributed by atoms with Gasteiger partial charge in [-0.1, -0.05) is 0 Å². The van der Waals surface area contributed by atoms with E-state index in [2.05, 4.69) is 195 Å². The van der Waals surface area contributed by atoms with Crippen LogP contribution >= 0.6 is 0 Å². The third-order valence-electron chi connectivity index (χ3n) is 14.1. The molecular weight excluding hydrogens is 879 g/mol. The van der Waals surface area contributed by atoms with Gasteiger partial charge < -0.3 is 0 Å². The molecule has 291 valence electrons. The summed E-state index contributed by atoms with van der Waals surface area (Å²) in [7, 11) is -0.634. The summed E-state index contributed by atoms with van der Waals surface area (Å²) in [6, 6.07) is 50.2. The average molecular weight is 939 g/mol. The summed E-state index contributed by atoms with van der Waals surface area (Å²) >= 11 is -3.20. The van der Waals surface area contributed by atoms with Gasteiger partial charge in [-0.25, -0.2) is 0 Å².